The number of nitrogens with one attached hydrogen (secondary N) is 1. The Hall–Kier alpha value is -3.47. The van der Waals surface area contributed by atoms with Crippen molar-refractivity contribution >= 4 is 17.4 Å². The molecule has 3 rings (SSSR count). The van der Waals surface area contributed by atoms with Gasteiger partial charge in [0, 0.05) is 23.5 Å². The van der Waals surface area contributed by atoms with Gasteiger partial charge in [0.25, 0.3) is 0 Å². The van der Waals surface area contributed by atoms with E-state index in [1.807, 2.05) is 42.5 Å². The molecule has 0 aliphatic heterocycles. The fraction of sp³-hybridized carbons (Fsp3) is 0. The fourth-order valence-corrected chi connectivity index (χ4v) is 2.28. The van der Waals surface area contributed by atoms with Crippen LogP contribution in [0.5, 0.6) is 0 Å². The van der Waals surface area contributed by atoms with Crippen LogP contribution in [-0.4, -0.2) is 21.8 Å². The lowest BCUT2D eigenvalue weighted by Crippen LogP contribution is -2.08. The molecule has 5 heteroatoms. The summed E-state index contributed by atoms with van der Waals surface area (Å²) in [5.74, 6) is -1.00. The Morgan fingerprint density at radius 1 is 0.875 bits per heavy atom. The topological polar surface area (TPSA) is 74.6 Å². The lowest BCUT2D eigenvalue weighted by Gasteiger charge is -2.09. The van der Waals surface area contributed by atoms with Crippen molar-refractivity contribution in [3.8, 4) is 0 Å². The van der Waals surface area contributed by atoms with E-state index in [4.69, 9.17) is 0 Å². The lowest BCUT2D eigenvalue weighted by molar-refractivity contribution is 0.0698. The van der Waals surface area contributed by atoms with Gasteiger partial charge in [-0.25, -0.2) is 4.79 Å². The van der Waals surface area contributed by atoms with E-state index in [0.29, 0.717) is 11.4 Å². The SMILES string of the molecule is O=C(O)c1ccccc1N/N=C(\c1ccccc1)c1ccncc1. The van der Waals surface area contributed by atoms with Gasteiger partial charge in [-0.15, -0.1) is 0 Å². The van der Waals surface area contributed by atoms with E-state index in [-0.39, 0.29) is 5.56 Å². The maximum Gasteiger partial charge on any atom is 0.337 e. The van der Waals surface area contributed by atoms with Gasteiger partial charge in [0.2, 0.25) is 0 Å². The number of hydrogen-bond acceptors (Lipinski definition) is 4. The third-order valence-corrected chi connectivity index (χ3v) is 3.45. The number of carbonyl (C=O) groups is 1. The molecule has 0 unspecified atom stereocenters. The van der Waals surface area contributed by atoms with Crippen molar-refractivity contribution in [1.29, 1.82) is 0 Å². The van der Waals surface area contributed by atoms with Crippen LogP contribution in [0.2, 0.25) is 0 Å². The van der Waals surface area contributed by atoms with Crippen LogP contribution < -0.4 is 5.43 Å². The zero-order chi connectivity index (χ0) is 16.8. The summed E-state index contributed by atoms with van der Waals surface area (Å²) in [5.41, 5.74) is 6.00. The molecule has 2 N–H and O–H groups in total. The average molecular weight is 317 g/mol. The molecule has 118 valence electrons. The summed E-state index contributed by atoms with van der Waals surface area (Å²) in [4.78, 5) is 15.3. The minimum atomic E-state index is -1.00. The number of rotatable bonds is 5. The molecule has 0 saturated carbocycles. The molecule has 2 aromatic carbocycles. The van der Waals surface area contributed by atoms with Crippen LogP contribution in [0.25, 0.3) is 0 Å². The number of benzene rings is 2. The van der Waals surface area contributed by atoms with Crippen molar-refractivity contribution in [2.75, 3.05) is 5.43 Å². The van der Waals surface area contributed by atoms with E-state index < -0.39 is 5.97 Å². The van der Waals surface area contributed by atoms with Crippen molar-refractivity contribution < 1.29 is 9.90 Å². The number of pyridine rings is 1. The fourth-order valence-electron chi connectivity index (χ4n) is 2.28. The number of hydrogen-bond donors (Lipinski definition) is 2. The Kier molecular flexibility index (Phi) is 4.62. The number of aromatic nitrogens is 1. The summed E-state index contributed by atoms with van der Waals surface area (Å²) in [6.07, 6.45) is 3.39. The second kappa shape index (κ2) is 7.19. The van der Waals surface area contributed by atoms with Crippen LogP contribution >= 0.6 is 0 Å². The molecular weight excluding hydrogens is 302 g/mol. The highest BCUT2D eigenvalue weighted by Crippen LogP contribution is 2.16. The van der Waals surface area contributed by atoms with Gasteiger partial charge in [0.1, 0.15) is 0 Å². The highest BCUT2D eigenvalue weighted by molar-refractivity contribution is 6.13. The maximum atomic E-state index is 11.3. The zero-order valence-electron chi connectivity index (χ0n) is 12.8. The Morgan fingerprint density at radius 3 is 2.21 bits per heavy atom. The quantitative estimate of drug-likeness (QED) is 0.556. The van der Waals surface area contributed by atoms with E-state index in [2.05, 4.69) is 15.5 Å². The molecule has 5 nitrogen and oxygen atoms in total. The third-order valence-electron chi connectivity index (χ3n) is 3.45. The second-order valence-corrected chi connectivity index (χ2v) is 5.02. The highest BCUT2D eigenvalue weighted by Gasteiger charge is 2.10. The molecular formula is C19H15N3O2. The van der Waals surface area contributed by atoms with Gasteiger partial charge in [-0.1, -0.05) is 42.5 Å². The summed E-state index contributed by atoms with van der Waals surface area (Å²) < 4.78 is 0. The summed E-state index contributed by atoms with van der Waals surface area (Å²) >= 11 is 0. The third kappa shape index (κ3) is 3.47. The summed E-state index contributed by atoms with van der Waals surface area (Å²) in [5, 5.41) is 13.7. The second-order valence-electron chi connectivity index (χ2n) is 5.02. The van der Waals surface area contributed by atoms with Gasteiger partial charge in [-0.2, -0.15) is 5.10 Å². The standard InChI is InChI=1S/C19H15N3O2/c23-19(24)16-8-4-5-9-17(16)21-22-18(14-6-2-1-3-7-14)15-10-12-20-13-11-15/h1-13,21H,(H,23,24)/b22-18+. The van der Waals surface area contributed by atoms with Crippen LogP contribution in [0.1, 0.15) is 21.5 Å². The van der Waals surface area contributed by atoms with Crippen LogP contribution in [-0.2, 0) is 0 Å². The molecule has 0 radical (unpaired) electrons. The van der Waals surface area contributed by atoms with Crippen LogP contribution in [0.15, 0.2) is 84.2 Å². The van der Waals surface area contributed by atoms with Crippen molar-refractivity contribution in [2.24, 2.45) is 5.10 Å². The van der Waals surface area contributed by atoms with Gasteiger partial charge in [0.15, 0.2) is 0 Å². The predicted octanol–water partition coefficient (Wildman–Crippen LogP) is 3.64. The first-order chi connectivity index (χ1) is 11.8. The van der Waals surface area contributed by atoms with E-state index in [1.54, 1.807) is 30.6 Å². The summed E-state index contributed by atoms with van der Waals surface area (Å²) in [7, 11) is 0. The normalized spacial score (nSPS) is 11.1. The van der Waals surface area contributed by atoms with Crippen molar-refractivity contribution in [3.63, 3.8) is 0 Å². The summed E-state index contributed by atoms with van der Waals surface area (Å²) in [6, 6.07) is 20.1. The average Bonchev–Trinajstić information content (AvgIpc) is 2.64. The first-order valence-electron chi connectivity index (χ1n) is 7.37. The zero-order valence-corrected chi connectivity index (χ0v) is 12.8. The molecule has 0 amide bonds. The number of aromatic carboxylic acids is 1. The van der Waals surface area contributed by atoms with E-state index in [1.165, 1.54) is 6.07 Å². The number of carboxylic acids is 1. The van der Waals surface area contributed by atoms with E-state index >= 15 is 0 Å². The predicted molar refractivity (Wildman–Crippen MR) is 93.3 cm³/mol. The number of nitrogens with zero attached hydrogens (tertiary/aromatic N) is 2. The number of carboxylic acid groups (broad SMARTS) is 1. The van der Waals surface area contributed by atoms with Crippen LogP contribution in [0, 0.1) is 0 Å². The van der Waals surface area contributed by atoms with Crippen LogP contribution in [0.3, 0.4) is 0 Å². The Balaban J connectivity index is 2.01. The molecule has 3 aromatic rings. The number of anilines is 1. The maximum absolute atomic E-state index is 11.3. The van der Waals surface area contributed by atoms with Gasteiger partial charge < -0.3 is 5.11 Å². The first-order valence-corrected chi connectivity index (χ1v) is 7.37. The van der Waals surface area contributed by atoms with E-state index in [0.717, 1.165) is 11.1 Å². The van der Waals surface area contributed by atoms with Gasteiger partial charge >= 0.3 is 5.97 Å². The highest BCUT2D eigenvalue weighted by atomic mass is 16.4. The monoisotopic (exact) mass is 317 g/mol. The molecule has 24 heavy (non-hydrogen) atoms. The molecule has 0 fully saturated rings. The molecule has 0 bridgehead atoms. The lowest BCUT2D eigenvalue weighted by atomic mass is 10.0. The van der Waals surface area contributed by atoms with Gasteiger partial charge in [-0.3, -0.25) is 10.4 Å². The van der Waals surface area contributed by atoms with Crippen molar-refractivity contribution in [3.05, 3.63) is 95.8 Å². The first kappa shape index (κ1) is 15.4. The Bertz CT molecular complexity index is 821. The molecule has 0 spiro atoms. The molecule has 0 aliphatic carbocycles. The Labute approximate surface area is 139 Å². The number of hydrazone groups is 1. The smallest absolute Gasteiger partial charge is 0.337 e. The van der Waals surface area contributed by atoms with Gasteiger partial charge in [0.05, 0.1) is 17.0 Å². The van der Waals surface area contributed by atoms with Gasteiger partial charge in [-0.05, 0) is 24.3 Å². The molecule has 1 heterocycles. The summed E-state index contributed by atoms with van der Waals surface area (Å²) in [6.45, 7) is 0. The minimum absolute atomic E-state index is 0.170. The van der Waals surface area contributed by atoms with E-state index in [9.17, 15) is 9.90 Å². The van der Waals surface area contributed by atoms with Crippen LogP contribution in [0.4, 0.5) is 5.69 Å². The number of para-hydroxylation sites is 1. The molecule has 1 aromatic heterocycles. The Morgan fingerprint density at radius 2 is 1.50 bits per heavy atom. The largest absolute Gasteiger partial charge is 0.478 e. The van der Waals surface area contributed by atoms with Crippen molar-refractivity contribution in [1.82, 2.24) is 4.98 Å². The molecule has 0 aliphatic rings. The molecule has 0 saturated heterocycles. The molecule has 0 atom stereocenters. The van der Waals surface area contributed by atoms with Crippen molar-refractivity contribution in [2.45, 2.75) is 0 Å². The minimum Gasteiger partial charge on any atom is -0.478 e.